The Morgan fingerprint density at radius 1 is 1.00 bits per heavy atom. The maximum absolute atomic E-state index is 13.3. The van der Waals surface area contributed by atoms with Crippen LogP contribution in [0.4, 0.5) is 13.2 Å². The van der Waals surface area contributed by atoms with E-state index >= 15 is 0 Å². The van der Waals surface area contributed by atoms with Crippen LogP contribution in [-0.4, -0.2) is 56.4 Å². The number of esters is 1. The van der Waals surface area contributed by atoms with E-state index in [1.165, 1.54) is 0 Å². The highest BCUT2D eigenvalue weighted by atomic mass is 32.2. The summed E-state index contributed by atoms with van der Waals surface area (Å²) in [6, 6.07) is 17.2. The van der Waals surface area contributed by atoms with Crippen LogP contribution >= 0.6 is 11.8 Å². The molecule has 2 saturated heterocycles. The number of alkyl halides is 3. The summed E-state index contributed by atoms with van der Waals surface area (Å²) in [5.74, 6) is -0.861. The summed E-state index contributed by atoms with van der Waals surface area (Å²) in [5, 5.41) is 0. The Morgan fingerprint density at radius 3 is 2.23 bits per heavy atom. The minimum Gasteiger partial charge on any atom is -0.456 e. The number of thioether (sulfide) groups is 1. The van der Waals surface area contributed by atoms with Crippen LogP contribution in [0.3, 0.4) is 0 Å². The molecule has 0 N–H and O–H groups in total. The third-order valence-electron chi connectivity index (χ3n) is 5.17. The molecule has 0 spiro atoms. The zero-order valence-corrected chi connectivity index (χ0v) is 19.8. The molecule has 190 valence electrons. The molecule has 2 fully saturated rings. The fraction of sp³-hybridized carbons (Fsp3) is 0.409. The van der Waals surface area contributed by atoms with Crippen molar-refractivity contribution in [2.45, 2.75) is 53.5 Å². The summed E-state index contributed by atoms with van der Waals surface area (Å²) in [6.07, 6.45) is -6.80. The molecule has 2 aliphatic rings. The molecule has 2 aromatic rings. The third kappa shape index (κ3) is 5.98. The molecule has 3 unspecified atom stereocenters. The average molecular weight is 535 g/mol. The van der Waals surface area contributed by atoms with Crippen LogP contribution in [0.25, 0.3) is 0 Å². The number of hydrogen-bond donors (Lipinski definition) is 0. The monoisotopic (exact) mass is 534 g/mol. The Hall–Kier alpha value is -2.16. The first-order chi connectivity index (χ1) is 16.5. The summed E-state index contributed by atoms with van der Waals surface area (Å²) in [5.41, 5.74) is -6.27. The number of halogens is 3. The van der Waals surface area contributed by atoms with E-state index in [9.17, 15) is 26.4 Å². The molecule has 2 aliphatic heterocycles. The van der Waals surface area contributed by atoms with Crippen molar-refractivity contribution in [2.24, 2.45) is 0 Å². The van der Waals surface area contributed by atoms with Crippen LogP contribution in [0.1, 0.15) is 18.8 Å². The predicted octanol–water partition coefficient (Wildman–Crippen LogP) is 3.78. The normalized spacial score (nSPS) is 29.3. The van der Waals surface area contributed by atoms with E-state index in [1.54, 1.807) is 60.7 Å². The number of carbonyl (C=O) groups excluding carboxylic acids is 1. The largest absolute Gasteiger partial charge is 0.523 e. The van der Waals surface area contributed by atoms with Gasteiger partial charge in [0.15, 0.2) is 12.4 Å². The number of hydrogen-bond acceptors (Lipinski definition) is 9. The Bertz CT molecular complexity index is 1110. The van der Waals surface area contributed by atoms with Gasteiger partial charge in [-0.05, 0) is 12.1 Å². The SMILES string of the molecule is CC(=O)OC1[C@@H](OS(=O)(=O)C(F)(F)F)[C@H]2OC(c3ccccc3)OCC2O[C@H]1Sc1ccccc1. The predicted molar refractivity (Wildman–Crippen MR) is 116 cm³/mol. The van der Waals surface area contributed by atoms with Crippen LogP contribution in [-0.2, 0) is 38.0 Å². The Balaban J connectivity index is 1.70. The zero-order valence-electron chi connectivity index (χ0n) is 18.2. The van der Waals surface area contributed by atoms with Gasteiger partial charge < -0.3 is 18.9 Å². The highest BCUT2D eigenvalue weighted by molar-refractivity contribution is 7.99. The second kappa shape index (κ2) is 10.4. The second-order valence-corrected chi connectivity index (χ2v) is 10.4. The first-order valence-corrected chi connectivity index (χ1v) is 12.7. The molecule has 2 aromatic carbocycles. The lowest BCUT2D eigenvalue weighted by Gasteiger charge is -2.48. The standard InChI is InChI=1S/C22H21F3O8S2/c1-13(26)30-19-18(33-35(27,28)22(23,24)25)17-16(31-21(19)34-15-10-6-3-7-11-15)12-29-20(32-17)14-8-4-2-5-9-14/h2-11,16-21H,12H2,1H3/t16?,17-,18-,19?,20?,21-/m0/s1. The summed E-state index contributed by atoms with van der Waals surface area (Å²) >= 11 is 1.04. The van der Waals surface area contributed by atoms with Crippen molar-refractivity contribution >= 4 is 27.8 Å². The zero-order chi connectivity index (χ0) is 25.2. The van der Waals surface area contributed by atoms with E-state index in [0.29, 0.717) is 10.5 Å². The van der Waals surface area contributed by atoms with E-state index in [4.69, 9.17) is 18.9 Å². The van der Waals surface area contributed by atoms with Crippen molar-refractivity contribution in [1.29, 1.82) is 0 Å². The van der Waals surface area contributed by atoms with Gasteiger partial charge in [0.2, 0.25) is 0 Å². The smallest absolute Gasteiger partial charge is 0.456 e. The molecule has 8 nitrogen and oxygen atoms in total. The molecule has 4 rings (SSSR count). The Morgan fingerprint density at radius 2 is 1.63 bits per heavy atom. The topological polar surface area (TPSA) is 97.4 Å². The number of benzene rings is 2. The fourth-order valence-corrected chi connectivity index (χ4v) is 5.43. The first kappa shape index (κ1) is 25.9. The maximum atomic E-state index is 13.3. The van der Waals surface area contributed by atoms with Crippen molar-refractivity contribution in [3.63, 3.8) is 0 Å². The van der Waals surface area contributed by atoms with Gasteiger partial charge in [0.25, 0.3) is 0 Å². The van der Waals surface area contributed by atoms with Gasteiger partial charge in [-0.15, -0.1) is 0 Å². The lowest BCUT2D eigenvalue weighted by molar-refractivity contribution is -0.316. The summed E-state index contributed by atoms with van der Waals surface area (Å²) in [4.78, 5) is 12.5. The lowest BCUT2D eigenvalue weighted by Crippen LogP contribution is -2.63. The van der Waals surface area contributed by atoms with Gasteiger partial charge in [-0.25, -0.2) is 0 Å². The van der Waals surface area contributed by atoms with E-state index < -0.39 is 57.7 Å². The first-order valence-electron chi connectivity index (χ1n) is 10.4. The molecule has 0 bridgehead atoms. The van der Waals surface area contributed by atoms with Gasteiger partial charge in [-0.2, -0.15) is 21.6 Å². The molecular formula is C22H21F3O8S2. The van der Waals surface area contributed by atoms with Gasteiger partial charge >= 0.3 is 21.6 Å². The van der Waals surface area contributed by atoms with Crippen LogP contribution in [0, 0.1) is 0 Å². The van der Waals surface area contributed by atoms with Gasteiger partial charge in [-0.1, -0.05) is 60.3 Å². The molecule has 0 saturated carbocycles. The highest BCUT2D eigenvalue weighted by Crippen LogP contribution is 2.42. The van der Waals surface area contributed by atoms with Gasteiger partial charge in [0.05, 0.1) is 6.61 Å². The van der Waals surface area contributed by atoms with E-state index in [0.717, 1.165) is 18.7 Å². The number of ether oxygens (including phenoxy) is 4. The number of fused-ring (bicyclic) bond motifs is 1. The van der Waals surface area contributed by atoms with Crippen LogP contribution in [0.15, 0.2) is 65.6 Å². The third-order valence-corrected chi connectivity index (χ3v) is 7.37. The minimum atomic E-state index is -6.07. The van der Waals surface area contributed by atoms with Crippen LogP contribution in [0.2, 0.25) is 0 Å². The van der Waals surface area contributed by atoms with Gasteiger partial charge in [0, 0.05) is 17.4 Å². The van der Waals surface area contributed by atoms with Crippen molar-refractivity contribution in [2.75, 3.05) is 6.61 Å². The van der Waals surface area contributed by atoms with Crippen molar-refractivity contribution < 1.29 is 49.5 Å². The summed E-state index contributed by atoms with van der Waals surface area (Å²) in [6.45, 7) is 0.915. The summed E-state index contributed by atoms with van der Waals surface area (Å²) < 4.78 is 91.3. The van der Waals surface area contributed by atoms with Crippen LogP contribution < -0.4 is 0 Å². The molecule has 0 radical (unpaired) electrons. The Kier molecular flexibility index (Phi) is 7.74. The Labute approximate surface area is 203 Å². The van der Waals surface area contributed by atoms with E-state index in [-0.39, 0.29) is 6.61 Å². The van der Waals surface area contributed by atoms with Crippen molar-refractivity contribution in [1.82, 2.24) is 0 Å². The molecule has 6 atom stereocenters. The summed E-state index contributed by atoms with van der Waals surface area (Å²) in [7, 11) is -6.07. The maximum Gasteiger partial charge on any atom is 0.523 e. The number of rotatable bonds is 6. The van der Waals surface area contributed by atoms with Crippen LogP contribution in [0.5, 0.6) is 0 Å². The highest BCUT2D eigenvalue weighted by Gasteiger charge is 2.58. The lowest BCUT2D eigenvalue weighted by atomic mass is 9.98. The fourth-order valence-electron chi connectivity index (χ4n) is 3.68. The van der Waals surface area contributed by atoms with Crippen molar-refractivity contribution in [3.05, 3.63) is 66.2 Å². The van der Waals surface area contributed by atoms with Gasteiger partial charge in [0.1, 0.15) is 23.7 Å². The average Bonchev–Trinajstić information content (AvgIpc) is 2.81. The van der Waals surface area contributed by atoms with E-state index in [2.05, 4.69) is 4.18 Å². The number of carbonyl (C=O) groups is 1. The molecule has 0 amide bonds. The van der Waals surface area contributed by atoms with E-state index in [1.807, 2.05) is 0 Å². The molecule has 2 heterocycles. The quantitative estimate of drug-likeness (QED) is 0.312. The molecule has 0 aromatic heterocycles. The molecule has 35 heavy (non-hydrogen) atoms. The molecule has 13 heteroatoms. The second-order valence-electron chi connectivity index (χ2n) is 7.69. The van der Waals surface area contributed by atoms with Crippen molar-refractivity contribution in [3.8, 4) is 0 Å². The molecule has 0 aliphatic carbocycles. The minimum absolute atomic E-state index is 0.130. The molecular weight excluding hydrogens is 513 g/mol. The van der Waals surface area contributed by atoms with Gasteiger partial charge in [-0.3, -0.25) is 8.98 Å².